The first-order valence-corrected chi connectivity index (χ1v) is 10.3. The third-order valence-electron chi connectivity index (χ3n) is 5.51. The summed E-state index contributed by atoms with van der Waals surface area (Å²) >= 11 is 3.23. The van der Waals surface area contributed by atoms with E-state index in [1.807, 2.05) is 24.0 Å². The Labute approximate surface area is 162 Å². The van der Waals surface area contributed by atoms with Crippen LogP contribution in [-0.2, 0) is 9.59 Å². The number of carbonyl (C=O) groups excluding carboxylic acids is 2. The summed E-state index contributed by atoms with van der Waals surface area (Å²) in [5.41, 5.74) is 1.11. The third-order valence-corrected chi connectivity index (χ3v) is 6.12. The van der Waals surface area contributed by atoms with Crippen molar-refractivity contribution in [3.05, 3.63) is 34.1 Å². The van der Waals surface area contributed by atoms with Crippen LogP contribution in [0.1, 0.15) is 56.9 Å². The lowest BCUT2D eigenvalue weighted by Gasteiger charge is -2.38. The van der Waals surface area contributed by atoms with E-state index in [-0.39, 0.29) is 29.6 Å². The van der Waals surface area contributed by atoms with Crippen LogP contribution in [0.25, 0.3) is 0 Å². The predicted molar refractivity (Wildman–Crippen MR) is 102 cm³/mol. The maximum atomic E-state index is 13.3. The van der Waals surface area contributed by atoms with E-state index in [0.29, 0.717) is 23.4 Å². The summed E-state index contributed by atoms with van der Waals surface area (Å²) in [6, 6.07) is 5.31. The predicted octanol–water partition coefficient (Wildman–Crippen LogP) is 3.99. The summed E-state index contributed by atoms with van der Waals surface area (Å²) in [5.74, 6) is 0.255. The van der Waals surface area contributed by atoms with Crippen molar-refractivity contribution in [3.8, 4) is 0 Å². The second kappa shape index (κ2) is 8.51. The molecule has 3 rings (SSSR count). The minimum absolute atomic E-state index is 0.0720. The maximum absolute atomic E-state index is 13.3. The van der Waals surface area contributed by atoms with Crippen molar-refractivity contribution in [1.82, 2.24) is 10.2 Å². The van der Waals surface area contributed by atoms with Crippen molar-refractivity contribution in [2.45, 2.75) is 57.4 Å². The standard InChI is InChI=1S/C20H26BrFN2O2/c1-2-4-19(25)24-8-3-5-14(12-24)20(26)23-16-9-15(10-16)13-6-7-18(22)17(21)11-13/h6-7,11,14-16H,2-5,8-10,12H2,1H3,(H,23,26)/t14-,15?,16?/m1/s1. The van der Waals surface area contributed by atoms with Crippen LogP contribution < -0.4 is 5.32 Å². The largest absolute Gasteiger partial charge is 0.353 e. The van der Waals surface area contributed by atoms with E-state index >= 15 is 0 Å². The molecular weight excluding hydrogens is 399 g/mol. The molecule has 2 fully saturated rings. The van der Waals surface area contributed by atoms with Gasteiger partial charge < -0.3 is 10.2 Å². The Kier molecular flexibility index (Phi) is 6.33. The lowest BCUT2D eigenvalue weighted by molar-refractivity contribution is -0.136. The molecule has 1 saturated carbocycles. The Morgan fingerprint density at radius 2 is 2.12 bits per heavy atom. The van der Waals surface area contributed by atoms with Crippen LogP contribution in [0.3, 0.4) is 0 Å². The normalized spacial score (nSPS) is 25.5. The Balaban J connectivity index is 1.47. The highest BCUT2D eigenvalue weighted by atomic mass is 79.9. The number of likely N-dealkylation sites (tertiary alicyclic amines) is 1. The number of benzene rings is 1. The first kappa shape index (κ1) is 19.3. The van der Waals surface area contributed by atoms with Gasteiger partial charge in [-0.25, -0.2) is 4.39 Å². The quantitative estimate of drug-likeness (QED) is 0.776. The molecule has 2 amide bonds. The highest BCUT2D eigenvalue weighted by Gasteiger charge is 2.34. The van der Waals surface area contributed by atoms with Gasteiger partial charge in [0.15, 0.2) is 0 Å². The Bertz CT molecular complexity index is 676. The fourth-order valence-corrected chi connectivity index (χ4v) is 4.28. The highest BCUT2D eigenvalue weighted by molar-refractivity contribution is 9.10. The number of halogens is 2. The summed E-state index contributed by atoms with van der Waals surface area (Å²) in [7, 11) is 0. The van der Waals surface area contributed by atoms with Gasteiger partial charge in [-0.05, 0) is 71.6 Å². The molecule has 142 valence electrons. The zero-order valence-corrected chi connectivity index (χ0v) is 16.7. The average Bonchev–Trinajstić information content (AvgIpc) is 2.60. The first-order valence-electron chi connectivity index (χ1n) is 9.51. The van der Waals surface area contributed by atoms with Crippen molar-refractivity contribution < 1.29 is 14.0 Å². The van der Waals surface area contributed by atoms with Gasteiger partial charge in [0.25, 0.3) is 0 Å². The fraction of sp³-hybridized carbons (Fsp3) is 0.600. The molecule has 1 aliphatic carbocycles. The molecule has 1 atom stereocenters. The smallest absolute Gasteiger partial charge is 0.225 e. The van der Waals surface area contributed by atoms with Crippen LogP contribution in [0.4, 0.5) is 4.39 Å². The zero-order valence-electron chi connectivity index (χ0n) is 15.1. The van der Waals surface area contributed by atoms with E-state index in [0.717, 1.165) is 44.2 Å². The zero-order chi connectivity index (χ0) is 18.7. The third kappa shape index (κ3) is 4.45. The molecule has 1 aliphatic heterocycles. The molecule has 1 N–H and O–H groups in total. The molecule has 1 heterocycles. The number of nitrogens with one attached hydrogen (secondary N) is 1. The molecule has 1 aromatic carbocycles. The van der Waals surface area contributed by atoms with Gasteiger partial charge in [0.2, 0.25) is 11.8 Å². The summed E-state index contributed by atoms with van der Waals surface area (Å²) in [6.07, 6.45) is 4.91. The molecule has 0 radical (unpaired) electrons. The van der Waals surface area contributed by atoms with Crippen molar-refractivity contribution in [2.24, 2.45) is 5.92 Å². The van der Waals surface area contributed by atoms with E-state index in [9.17, 15) is 14.0 Å². The van der Waals surface area contributed by atoms with E-state index in [1.165, 1.54) is 6.07 Å². The lowest BCUT2D eigenvalue weighted by Crippen LogP contribution is -2.50. The maximum Gasteiger partial charge on any atom is 0.225 e. The number of carbonyl (C=O) groups is 2. The summed E-state index contributed by atoms with van der Waals surface area (Å²) < 4.78 is 13.8. The SMILES string of the molecule is CCCC(=O)N1CCC[C@@H](C(=O)NC2CC(c3ccc(F)c(Br)c3)C2)C1. The minimum Gasteiger partial charge on any atom is -0.353 e. The van der Waals surface area contributed by atoms with Crippen molar-refractivity contribution in [1.29, 1.82) is 0 Å². The minimum atomic E-state index is -0.252. The highest BCUT2D eigenvalue weighted by Crippen LogP contribution is 2.38. The number of nitrogens with zero attached hydrogens (tertiary/aromatic N) is 1. The molecule has 2 aliphatic rings. The number of piperidine rings is 1. The Morgan fingerprint density at radius 1 is 1.35 bits per heavy atom. The van der Waals surface area contributed by atoms with Crippen LogP contribution in [0.5, 0.6) is 0 Å². The second-order valence-corrected chi connectivity index (χ2v) is 8.33. The molecule has 0 aromatic heterocycles. The van der Waals surface area contributed by atoms with Crippen LogP contribution in [0.2, 0.25) is 0 Å². The second-order valence-electron chi connectivity index (χ2n) is 7.48. The van der Waals surface area contributed by atoms with Gasteiger partial charge in [-0.1, -0.05) is 13.0 Å². The van der Waals surface area contributed by atoms with Crippen LogP contribution >= 0.6 is 15.9 Å². The van der Waals surface area contributed by atoms with Gasteiger partial charge in [0.05, 0.1) is 10.4 Å². The van der Waals surface area contributed by atoms with Crippen molar-refractivity contribution >= 4 is 27.7 Å². The van der Waals surface area contributed by atoms with Crippen molar-refractivity contribution in [2.75, 3.05) is 13.1 Å². The summed E-state index contributed by atoms with van der Waals surface area (Å²) in [5, 5.41) is 3.14. The average molecular weight is 425 g/mol. The fourth-order valence-electron chi connectivity index (χ4n) is 3.88. The molecule has 1 saturated heterocycles. The number of rotatable bonds is 5. The van der Waals surface area contributed by atoms with Gasteiger partial charge in [-0.2, -0.15) is 0 Å². The van der Waals surface area contributed by atoms with Crippen LogP contribution in [0.15, 0.2) is 22.7 Å². The van der Waals surface area contributed by atoms with Gasteiger partial charge in [-0.3, -0.25) is 9.59 Å². The molecule has 0 unspecified atom stereocenters. The number of hydrogen-bond donors (Lipinski definition) is 1. The monoisotopic (exact) mass is 424 g/mol. The molecular formula is C20H26BrFN2O2. The van der Waals surface area contributed by atoms with E-state index in [2.05, 4.69) is 21.2 Å². The molecule has 0 spiro atoms. The van der Waals surface area contributed by atoms with Crippen LogP contribution in [-0.4, -0.2) is 35.8 Å². The van der Waals surface area contributed by atoms with Gasteiger partial charge in [-0.15, -0.1) is 0 Å². The van der Waals surface area contributed by atoms with E-state index in [1.54, 1.807) is 0 Å². The van der Waals surface area contributed by atoms with Gasteiger partial charge in [0.1, 0.15) is 5.82 Å². The molecule has 6 heteroatoms. The molecule has 0 bridgehead atoms. The number of hydrogen-bond acceptors (Lipinski definition) is 2. The molecule has 4 nitrogen and oxygen atoms in total. The number of amides is 2. The van der Waals surface area contributed by atoms with Crippen molar-refractivity contribution in [3.63, 3.8) is 0 Å². The van der Waals surface area contributed by atoms with Gasteiger partial charge >= 0.3 is 0 Å². The lowest BCUT2D eigenvalue weighted by atomic mass is 9.75. The Hall–Kier alpha value is -1.43. The van der Waals surface area contributed by atoms with Crippen LogP contribution in [0, 0.1) is 11.7 Å². The first-order chi connectivity index (χ1) is 12.5. The summed E-state index contributed by atoms with van der Waals surface area (Å²) in [4.78, 5) is 26.5. The summed E-state index contributed by atoms with van der Waals surface area (Å²) in [6.45, 7) is 3.32. The molecule has 26 heavy (non-hydrogen) atoms. The topological polar surface area (TPSA) is 49.4 Å². The van der Waals surface area contributed by atoms with Gasteiger partial charge in [0, 0.05) is 25.6 Å². The molecule has 1 aromatic rings. The van der Waals surface area contributed by atoms with E-state index < -0.39 is 0 Å². The van der Waals surface area contributed by atoms with E-state index in [4.69, 9.17) is 0 Å². The Morgan fingerprint density at radius 3 is 2.81 bits per heavy atom.